The number of hydrogen-bond acceptors (Lipinski definition) is 3. The van der Waals surface area contributed by atoms with E-state index < -0.39 is 6.10 Å². The van der Waals surface area contributed by atoms with E-state index in [1.807, 2.05) is 45.0 Å². The van der Waals surface area contributed by atoms with Crippen LogP contribution in [0.15, 0.2) is 24.3 Å². The number of urea groups is 1. The first-order valence-electron chi connectivity index (χ1n) is 7.37. The van der Waals surface area contributed by atoms with Gasteiger partial charge in [-0.05, 0) is 30.9 Å². The number of rotatable bonds is 8. The molecule has 1 atom stereocenters. The Morgan fingerprint density at radius 3 is 2.67 bits per heavy atom. The lowest BCUT2D eigenvalue weighted by atomic mass is 10.1. The second kappa shape index (κ2) is 9.23. The molecule has 1 aromatic carbocycles. The van der Waals surface area contributed by atoms with E-state index in [9.17, 15) is 9.90 Å². The van der Waals surface area contributed by atoms with Gasteiger partial charge in [0.05, 0.1) is 12.6 Å². The van der Waals surface area contributed by atoms with Crippen LogP contribution >= 0.6 is 0 Å². The normalized spacial score (nSPS) is 12.0. The molecular weight excluding hydrogens is 268 g/mol. The summed E-state index contributed by atoms with van der Waals surface area (Å²) in [6.45, 7) is 7.14. The zero-order valence-electron chi connectivity index (χ0n) is 13.1. The van der Waals surface area contributed by atoms with E-state index in [1.165, 1.54) is 0 Å². The van der Waals surface area contributed by atoms with Gasteiger partial charge in [-0.3, -0.25) is 0 Å². The third kappa shape index (κ3) is 7.56. The van der Waals surface area contributed by atoms with Crippen molar-refractivity contribution < 1.29 is 14.6 Å². The van der Waals surface area contributed by atoms with Crippen LogP contribution in [0, 0.1) is 12.8 Å². The van der Waals surface area contributed by atoms with Crippen LogP contribution in [0.3, 0.4) is 0 Å². The maximum Gasteiger partial charge on any atom is 0.315 e. The van der Waals surface area contributed by atoms with Crippen LogP contribution < -0.4 is 15.4 Å². The number of nitrogens with one attached hydrogen (secondary N) is 2. The Hall–Kier alpha value is -1.75. The fraction of sp³-hybridized carbons (Fsp3) is 0.562. The number of amides is 2. The molecule has 0 aliphatic heterocycles. The van der Waals surface area contributed by atoms with E-state index in [0.717, 1.165) is 11.3 Å². The quantitative estimate of drug-likeness (QED) is 0.643. The summed E-state index contributed by atoms with van der Waals surface area (Å²) < 4.78 is 5.57. The van der Waals surface area contributed by atoms with Gasteiger partial charge in [0.1, 0.15) is 12.4 Å². The second-order valence-electron chi connectivity index (χ2n) is 5.53. The highest BCUT2D eigenvalue weighted by molar-refractivity contribution is 5.73. The predicted molar refractivity (Wildman–Crippen MR) is 83.5 cm³/mol. The highest BCUT2D eigenvalue weighted by Crippen LogP contribution is 2.15. The van der Waals surface area contributed by atoms with E-state index in [2.05, 4.69) is 10.6 Å². The van der Waals surface area contributed by atoms with Crippen LogP contribution in [-0.4, -0.2) is 36.9 Å². The van der Waals surface area contributed by atoms with Crippen molar-refractivity contribution >= 4 is 6.03 Å². The van der Waals surface area contributed by atoms with Crippen LogP contribution in [0.4, 0.5) is 4.79 Å². The lowest BCUT2D eigenvalue weighted by molar-refractivity contribution is 0.146. The van der Waals surface area contributed by atoms with Crippen molar-refractivity contribution in [2.24, 2.45) is 5.92 Å². The first-order valence-corrected chi connectivity index (χ1v) is 7.37. The molecule has 0 saturated carbocycles. The van der Waals surface area contributed by atoms with Gasteiger partial charge in [0, 0.05) is 6.54 Å². The SMILES string of the molecule is Cc1ccccc1OCCNC(=O)NCC(O)CC(C)C. The van der Waals surface area contributed by atoms with Gasteiger partial charge < -0.3 is 20.5 Å². The first-order chi connectivity index (χ1) is 9.99. The number of ether oxygens (including phenoxy) is 1. The predicted octanol–water partition coefficient (Wildman–Crippen LogP) is 2.08. The van der Waals surface area contributed by atoms with Crippen molar-refractivity contribution in [1.82, 2.24) is 10.6 Å². The van der Waals surface area contributed by atoms with Crippen LogP contribution in [-0.2, 0) is 0 Å². The molecule has 5 nitrogen and oxygen atoms in total. The van der Waals surface area contributed by atoms with Crippen molar-refractivity contribution in [3.05, 3.63) is 29.8 Å². The molecule has 1 rings (SSSR count). The first kappa shape index (κ1) is 17.3. The molecule has 0 aromatic heterocycles. The monoisotopic (exact) mass is 294 g/mol. The average Bonchev–Trinajstić information content (AvgIpc) is 2.42. The van der Waals surface area contributed by atoms with Crippen LogP contribution in [0.2, 0.25) is 0 Å². The standard InChI is InChI=1S/C16H26N2O3/c1-12(2)10-14(19)11-18-16(20)17-8-9-21-15-7-5-4-6-13(15)3/h4-7,12,14,19H,8-11H2,1-3H3,(H2,17,18,20). The summed E-state index contributed by atoms with van der Waals surface area (Å²) in [5.74, 6) is 1.24. The Kier molecular flexibility index (Phi) is 7.61. The number of aliphatic hydroxyl groups is 1. The molecular formula is C16H26N2O3. The molecule has 0 spiro atoms. The number of hydrogen-bond donors (Lipinski definition) is 3. The van der Waals surface area contributed by atoms with Gasteiger partial charge >= 0.3 is 6.03 Å². The van der Waals surface area contributed by atoms with Crippen LogP contribution in [0.1, 0.15) is 25.8 Å². The summed E-state index contributed by atoms with van der Waals surface area (Å²) in [5.41, 5.74) is 1.07. The number of carbonyl (C=O) groups excluding carboxylic acids is 1. The molecule has 118 valence electrons. The summed E-state index contributed by atoms with van der Waals surface area (Å²) >= 11 is 0. The molecule has 0 bridgehead atoms. The minimum Gasteiger partial charge on any atom is -0.491 e. The lowest BCUT2D eigenvalue weighted by Crippen LogP contribution is -2.41. The molecule has 0 radical (unpaired) electrons. The topological polar surface area (TPSA) is 70.6 Å². The molecule has 3 N–H and O–H groups in total. The molecule has 0 aliphatic rings. The third-order valence-electron chi connectivity index (χ3n) is 2.98. The summed E-state index contributed by atoms with van der Waals surface area (Å²) in [5, 5.41) is 15.0. The lowest BCUT2D eigenvalue weighted by Gasteiger charge is -2.14. The number of para-hydroxylation sites is 1. The fourth-order valence-corrected chi connectivity index (χ4v) is 1.94. The van der Waals surface area contributed by atoms with Gasteiger partial charge in [-0.25, -0.2) is 4.79 Å². The van der Waals surface area contributed by atoms with Crippen molar-refractivity contribution in [1.29, 1.82) is 0 Å². The van der Waals surface area contributed by atoms with E-state index >= 15 is 0 Å². The fourth-order valence-electron chi connectivity index (χ4n) is 1.94. The Morgan fingerprint density at radius 1 is 1.29 bits per heavy atom. The molecule has 0 aliphatic carbocycles. The molecule has 2 amide bonds. The summed E-state index contributed by atoms with van der Waals surface area (Å²) in [6.07, 6.45) is 0.176. The van der Waals surface area contributed by atoms with Crippen molar-refractivity contribution in [3.8, 4) is 5.75 Å². The number of aliphatic hydroxyl groups excluding tert-OH is 1. The summed E-state index contributed by atoms with van der Waals surface area (Å²) in [7, 11) is 0. The van der Waals surface area contributed by atoms with Crippen molar-refractivity contribution in [2.75, 3.05) is 19.7 Å². The number of benzene rings is 1. The maximum atomic E-state index is 11.5. The molecule has 0 fully saturated rings. The summed E-state index contributed by atoms with van der Waals surface area (Å²) in [4.78, 5) is 11.5. The molecule has 5 heteroatoms. The van der Waals surface area contributed by atoms with Gasteiger partial charge in [-0.1, -0.05) is 32.0 Å². The van der Waals surface area contributed by atoms with Gasteiger partial charge in [0.15, 0.2) is 0 Å². The smallest absolute Gasteiger partial charge is 0.315 e. The average molecular weight is 294 g/mol. The Labute approximate surface area is 126 Å². The number of carbonyl (C=O) groups is 1. The maximum absolute atomic E-state index is 11.5. The van der Waals surface area contributed by atoms with Crippen LogP contribution in [0.25, 0.3) is 0 Å². The minimum absolute atomic E-state index is 0.267. The molecule has 0 heterocycles. The van der Waals surface area contributed by atoms with E-state index in [0.29, 0.717) is 25.5 Å². The van der Waals surface area contributed by atoms with Crippen molar-refractivity contribution in [3.63, 3.8) is 0 Å². The third-order valence-corrected chi connectivity index (χ3v) is 2.98. The van der Waals surface area contributed by atoms with Crippen LogP contribution in [0.5, 0.6) is 5.75 Å². The highest BCUT2D eigenvalue weighted by Gasteiger charge is 2.08. The molecule has 1 aromatic rings. The van der Waals surface area contributed by atoms with Gasteiger partial charge in [0.25, 0.3) is 0 Å². The van der Waals surface area contributed by atoms with Crippen molar-refractivity contribution in [2.45, 2.75) is 33.3 Å². The van der Waals surface area contributed by atoms with E-state index in [1.54, 1.807) is 0 Å². The molecule has 21 heavy (non-hydrogen) atoms. The van der Waals surface area contributed by atoms with E-state index in [4.69, 9.17) is 4.74 Å². The summed E-state index contributed by atoms with van der Waals surface area (Å²) in [6, 6.07) is 7.46. The zero-order chi connectivity index (χ0) is 15.7. The van der Waals surface area contributed by atoms with E-state index in [-0.39, 0.29) is 12.6 Å². The Balaban J connectivity index is 2.12. The largest absolute Gasteiger partial charge is 0.491 e. The van der Waals surface area contributed by atoms with Gasteiger partial charge in [-0.2, -0.15) is 0 Å². The minimum atomic E-state index is -0.501. The molecule has 1 unspecified atom stereocenters. The van der Waals surface area contributed by atoms with Gasteiger partial charge in [0.2, 0.25) is 0 Å². The zero-order valence-corrected chi connectivity index (χ0v) is 13.1. The highest BCUT2D eigenvalue weighted by atomic mass is 16.5. The second-order valence-corrected chi connectivity index (χ2v) is 5.53. The molecule has 0 saturated heterocycles. The Morgan fingerprint density at radius 2 is 2.00 bits per heavy atom. The number of aryl methyl sites for hydroxylation is 1. The Bertz CT molecular complexity index is 435. The van der Waals surface area contributed by atoms with Gasteiger partial charge in [-0.15, -0.1) is 0 Å².